The molecule has 2 bridgehead atoms. The Balaban J connectivity index is 1.46. The van der Waals surface area contributed by atoms with Gasteiger partial charge in [0.1, 0.15) is 11.4 Å². The average Bonchev–Trinajstić information content (AvgIpc) is 3.12. The molecule has 2 aromatic heterocycles. The summed E-state index contributed by atoms with van der Waals surface area (Å²) >= 11 is 6.10. The molecule has 0 saturated carbocycles. The van der Waals surface area contributed by atoms with Crippen molar-refractivity contribution < 1.29 is 14.3 Å². The number of piperidine rings is 1. The number of carbonyl (C=O) groups excluding carboxylic acids is 2. The Hall–Kier alpha value is -2.90. The van der Waals surface area contributed by atoms with Crippen molar-refractivity contribution in [1.29, 1.82) is 0 Å². The minimum atomic E-state index is -0.314. The number of likely N-dealkylation sites (tertiary alicyclic amines) is 1. The summed E-state index contributed by atoms with van der Waals surface area (Å²) in [5.74, 6) is 0.219. The van der Waals surface area contributed by atoms with E-state index in [4.69, 9.17) is 21.3 Å². The highest BCUT2D eigenvalue weighted by molar-refractivity contribution is 6.30. The lowest BCUT2D eigenvalue weighted by Crippen LogP contribution is -2.64. The van der Waals surface area contributed by atoms with Gasteiger partial charge < -0.3 is 9.14 Å². The molecule has 0 spiro atoms. The van der Waals surface area contributed by atoms with Gasteiger partial charge in [0, 0.05) is 49.3 Å². The number of amides is 1. The third kappa shape index (κ3) is 3.87. The van der Waals surface area contributed by atoms with Crippen LogP contribution in [0.3, 0.4) is 0 Å². The van der Waals surface area contributed by atoms with Crippen LogP contribution in [0, 0.1) is 0 Å². The molecule has 166 valence electrons. The highest BCUT2D eigenvalue weighted by atomic mass is 35.5. The third-order valence-electron chi connectivity index (χ3n) is 6.25. The lowest BCUT2D eigenvalue weighted by molar-refractivity contribution is -0.127. The molecule has 5 rings (SSSR count). The van der Waals surface area contributed by atoms with E-state index in [1.54, 1.807) is 11.8 Å². The summed E-state index contributed by atoms with van der Waals surface area (Å²) in [5.41, 5.74) is 3.89. The summed E-state index contributed by atoms with van der Waals surface area (Å²) in [5, 5.41) is 0.687. The number of piperazine rings is 1. The van der Waals surface area contributed by atoms with Crippen molar-refractivity contribution in [3.63, 3.8) is 0 Å². The number of hydrogen-bond donors (Lipinski definition) is 0. The molecular weight excluding hydrogens is 428 g/mol. The van der Waals surface area contributed by atoms with E-state index in [0.29, 0.717) is 44.1 Å². The van der Waals surface area contributed by atoms with Gasteiger partial charge in [-0.05, 0) is 31.2 Å². The number of Topliss-reactive ketones (excluding diaryl/α,β-unsaturated/α-hetero) is 1. The van der Waals surface area contributed by atoms with Crippen molar-refractivity contribution in [3.8, 4) is 11.3 Å². The molecule has 1 amide bonds. The van der Waals surface area contributed by atoms with Gasteiger partial charge in [0.05, 0.1) is 30.1 Å². The molecule has 3 aromatic rings. The van der Waals surface area contributed by atoms with E-state index in [0.717, 1.165) is 22.6 Å². The lowest BCUT2D eigenvalue weighted by Gasteiger charge is -2.48. The van der Waals surface area contributed by atoms with Crippen LogP contribution in [0.1, 0.15) is 25.5 Å². The fraction of sp³-hybridized carbons (Fsp3) is 0.375. The van der Waals surface area contributed by atoms with Gasteiger partial charge in [0.25, 0.3) is 0 Å². The number of pyridine rings is 1. The van der Waals surface area contributed by atoms with Crippen molar-refractivity contribution in [3.05, 3.63) is 59.4 Å². The fourth-order valence-electron chi connectivity index (χ4n) is 4.95. The smallest absolute Gasteiger partial charge is 0.410 e. The maximum Gasteiger partial charge on any atom is 0.410 e. The molecule has 2 atom stereocenters. The van der Waals surface area contributed by atoms with Crippen molar-refractivity contribution >= 4 is 29.1 Å². The number of fused-ring (bicyclic) bond motifs is 3. The minimum Gasteiger partial charge on any atom is -0.450 e. The standard InChI is InChI=1S/C24H25ClN4O3/c1-2-32-24(31)29-18-11-20(30)12-19(29)14-27(13-18)15-21-23(16-6-8-17(25)9-7-16)26-22-5-3-4-10-28(21)22/h3-10,18-19H,2,11-15H2,1H3. The van der Waals surface area contributed by atoms with E-state index in [2.05, 4.69) is 9.30 Å². The van der Waals surface area contributed by atoms with Gasteiger partial charge in [-0.15, -0.1) is 0 Å². The zero-order valence-electron chi connectivity index (χ0n) is 17.9. The van der Waals surface area contributed by atoms with E-state index < -0.39 is 0 Å². The van der Waals surface area contributed by atoms with Crippen LogP contribution < -0.4 is 0 Å². The van der Waals surface area contributed by atoms with Gasteiger partial charge >= 0.3 is 6.09 Å². The average molecular weight is 453 g/mol. The quantitative estimate of drug-likeness (QED) is 0.598. The first-order valence-corrected chi connectivity index (χ1v) is 11.3. The van der Waals surface area contributed by atoms with Crippen LogP contribution in [0.2, 0.25) is 5.02 Å². The third-order valence-corrected chi connectivity index (χ3v) is 6.50. The van der Waals surface area contributed by atoms with Crippen molar-refractivity contribution in [1.82, 2.24) is 19.2 Å². The first kappa shape index (κ1) is 21.0. The number of ketones is 1. The number of imidazole rings is 1. The van der Waals surface area contributed by atoms with Crippen molar-refractivity contribution in [2.24, 2.45) is 0 Å². The molecule has 2 aliphatic rings. The Morgan fingerprint density at radius 3 is 2.53 bits per heavy atom. The summed E-state index contributed by atoms with van der Waals surface area (Å²) in [6, 6.07) is 13.4. The molecule has 2 fully saturated rings. The van der Waals surface area contributed by atoms with Crippen LogP contribution in [0.25, 0.3) is 16.9 Å². The number of nitrogens with zero attached hydrogens (tertiary/aromatic N) is 4. The van der Waals surface area contributed by atoms with Gasteiger partial charge in [-0.2, -0.15) is 0 Å². The monoisotopic (exact) mass is 452 g/mol. The summed E-state index contributed by atoms with van der Waals surface area (Å²) in [7, 11) is 0. The summed E-state index contributed by atoms with van der Waals surface area (Å²) in [6.45, 7) is 4.06. The van der Waals surface area contributed by atoms with Crippen LogP contribution in [0.15, 0.2) is 48.7 Å². The number of rotatable bonds is 4. The number of ether oxygens (including phenoxy) is 1. The normalized spacial score (nSPS) is 21.2. The second kappa shape index (κ2) is 8.56. The van der Waals surface area contributed by atoms with Gasteiger partial charge in [0.2, 0.25) is 0 Å². The Morgan fingerprint density at radius 2 is 1.84 bits per heavy atom. The Bertz CT molecular complexity index is 1140. The number of halogens is 1. The summed E-state index contributed by atoms with van der Waals surface area (Å²) in [6.07, 6.45) is 2.47. The molecule has 4 heterocycles. The number of benzene rings is 1. The Morgan fingerprint density at radius 1 is 1.12 bits per heavy atom. The zero-order valence-corrected chi connectivity index (χ0v) is 18.7. The number of aromatic nitrogens is 2. The van der Waals surface area contributed by atoms with E-state index >= 15 is 0 Å². The van der Waals surface area contributed by atoms with E-state index in [1.807, 2.05) is 48.7 Å². The van der Waals surface area contributed by atoms with E-state index in [9.17, 15) is 9.59 Å². The molecule has 7 nitrogen and oxygen atoms in total. The Kier molecular flexibility index (Phi) is 5.61. The molecule has 0 N–H and O–H groups in total. The van der Waals surface area contributed by atoms with Gasteiger partial charge in [-0.3, -0.25) is 14.6 Å². The molecular formula is C24H25ClN4O3. The van der Waals surface area contributed by atoms with E-state index in [1.165, 1.54) is 0 Å². The van der Waals surface area contributed by atoms with Gasteiger partial charge in [-0.1, -0.05) is 29.8 Å². The van der Waals surface area contributed by atoms with Crippen LogP contribution in [0.5, 0.6) is 0 Å². The first-order valence-electron chi connectivity index (χ1n) is 10.9. The largest absolute Gasteiger partial charge is 0.450 e. The van der Waals surface area contributed by atoms with Crippen LogP contribution in [0.4, 0.5) is 4.79 Å². The van der Waals surface area contributed by atoms with Crippen LogP contribution in [-0.4, -0.2) is 62.8 Å². The lowest BCUT2D eigenvalue weighted by atomic mass is 9.90. The topological polar surface area (TPSA) is 67.2 Å². The summed E-state index contributed by atoms with van der Waals surface area (Å²) in [4.78, 5) is 33.8. The highest BCUT2D eigenvalue weighted by Gasteiger charge is 2.44. The zero-order chi connectivity index (χ0) is 22.2. The molecule has 2 saturated heterocycles. The highest BCUT2D eigenvalue weighted by Crippen LogP contribution is 2.31. The second-order valence-corrected chi connectivity index (χ2v) is 8.83. The number of carbonyl (C=O) groups is 2. The molecule has 1 aromatic carbocycles. The Labute approximate surface area is 191 Å². The fourth-order valence-corrected chi connectivity index (χ4v) is 5.08. The number of hydrogen-bond acceptors (Lipinski definition) is 5. The summed E-state index contributed by atoms with van der Waals surface area (Å²) < 4.78 is 7.38. The van der Waals surface area contributed by atoms with Crippen LogP contribution in [-0.2, 0) is 16.1 Å². The van der Waals surface area contributed by atoms with E-state index in [-0.39, 0.29) is 24.0 Å². The molecule has 32 heavy (non-hydrogen) atoms. The predicted molar refractivity (Wildman–Crippen MR) is 122 cm³/mol. The molecule has 0 radical (unpaired) electrons. The molecule has 8 heteroatoms. The van der Waals surface area contributed by atoms with Crippen LogP contribution >= 0.6 is 11.6 Å². The van der Waals surface area contributed by atoms with Gasteiger partial charge in [0.15, 0.2) is 0 Å². The maximum absolute atomic E-state index is 12.5. The molecule has 2 unspecified atom stereocenters. The molecule has 2 aliphatic heterocycles. The molecule has 0 aliphatic carbocycles. The SMILES string of the molecule is CCOC(=O)N1C2CC(=O)CC1CN(Cc1c(-c3ccc(Cl)cc3)nc3ccccn13)C2. The first-order chi connectivity index (χ1) is 15.5. The minimum absolute atomic E-state index is 0.160. The predicted octanol–water partition coefficient (Wildman–Crippen LogP) is 4.03. The maximum atomic E-state index is 12.5. The second-order valence-electron chi connectivity index (χ2n) is 8.40. The van der Waals surface area contributed by atoms with Gasteiger partial charge in [-0.25, -0.2) is 9.78 Å². The van der Waals surface area contributed by atoms with Crippen molar-refractivity contribution in [2.75, 3.05) is 19.7 Å². The van der Waals surface area contributed by atoms with Crippen molar-refractivity contribution in [2.45, 2.75) is 38.4 Å².